The zero-order valence-corrected chi connectivity index (χ0v) is 14.3. The van der Waals surface area contributed by atoms with Crippen molar-refractivity contribution in [3.8, 4) is 11.8 Å². The summed E-state index contributed by atoms with van der Waals surface area (Å²) in [6.07, 6.45) is 1.18. The minimum absolute atomic E-state index is 0.160. The Bertz CT molecular complexity index is 862. The predicted octanol–water partition coefficient (Wildman–Crippen LogP) is 2.74. The Labute approximate surface area is 148 Å². The van der Waals surface area contributed by atoms with Crippen LogP contribution in [0.25, 0.3) is 10.1 Å². The summed E-state index contributed by atoms with van der Waals surface area (Å²) in [6.45, 7) is 3.12. The summed E-state index contributed by atoms with van der Waals surface area (Å²) in [4.78, 5) is 19.2. The lowest BCUT2D eigenvalue weighted by Gasteiger charge is -2.44. The average Bonchev–Trinajstić information content (AvgIpc) is 3.03. The number of carbonyl (C=O) groups is 1. The number of rotatable bonds is 2. The van der Waals surface area contributed by atoms with E-state index in [1.165, 1.54) is 11.3 Å². The highest BCUT2D eigenvalue weighted by Crippen LogP contribution is 2.28. The molecule has 0 radical (unpaired) electrons. The predicted molar refractivity (Wildman–Crippen MR) is 92.9 cm³/mol. The van der Waals surface area contributed by atoms with Gasteiger partial charge in [-0.1, -0.05) is 5.92 Å². The lowest BCUT2D eigenvalue weighted by Crippen LogP contribution is -2.57. The molecule has 5 heterocycles. The van der Waals surface area contributed by atoms with E-state index >= 15 is 0 Å². The molecule has 2 aromatic heterocycles. The van der Waals surface area contributed by atoms with Gasteiger partial charge in [-0.25, -0.2) is 4.98 Å². The second-order valence-corrected chi connectivity index (χ2v) is 7.41. The number of piperidine rings is 3. The van der Waals surface area contributed by atoms with Gasteiger partial charge in [-0.2, -0.15) is 8.78 Å². The number of halogens is 2. The van der Waals surface area contributed by atoms with Crippen molar-refractivity contribution in [3.63, 3.8) is 0 Å². The average molecular weight is 361 g/mol. The molecule has 3 aliphatic heterocycles. The van der Waals surface area contributed by atoms with E-state index in [1.54, 1.807) is 17.6 Å². The van der Waals surface area contributed by atoms with Gasteiger partial charge < -0.3 is 10.2 Å². The number of pyridine rings is 1. The topological polar surface area (TPSA) is 45.2 Å². The number of aromatic nitrogens is 1. The number of fused-ring (bicyclic) bond motifs is 4. The van der Waals surface area contributed by atoms with Crippen molar-refractivity contribution in [3.05, 3.63) is 28.9 Å². The largest absolute Gasteiger partial charge is 0.346 e. The van der Waals surface area contributed by atoms with Crippen LogP contribution in [0.5, 0.6) is 0 Å². The van der Waals surface area contributed by atoms with E-state index in [0.717, 1.165) is 37.2 Å². The highest BCUT2D eigenvalue weighted by molar-refractivity contribution is 7.17. The molecule has 0 saturated carbocycles. The molecule has 1 atom stereocenters. The number of thiophene rings is 1. The van der Waals surface area contributed by atoms with Crippen LogP contribution in [0.4, 0.5) is 8.78 Å². The minimum atomic E-state index is -2.67. The molecule has 0 spiro atoms. The Balaban J connectivity index is 1.55. The van der Waals surface area contributed by atoms with Crippen molar-refractivity contribution >= 4 is 27.3 Å². The Hall–Kier alpha value is -2.04. The number of nitrogens with one attached hydrogen (secondary N) is 1. The van der Waals surface area contributed by atoms with Gasteiger partial charge in [-0.15, -0.1) is 11.3 Å². The summed E-state index contributed by atoms with van der Waals surface area (Å²) in [5.41, 5.74) is 0.821. The quantitative estimate of drug-likeness (QED) is 0.837. The van der Waals surface area contributed by atoms with Gasteiger partial charge in [-0.3, -0.25) is 4.79 Å². The second kappa shape index (κ2) is 6.70. The van der Waals surface area contributed by atoms with Crippen LogP contribution in [0, 0.1) is 17.8 Å². The second-order valence-electron chi connectivity index (χ2n) is 6.50. The van der Waals surface area contributed by atoms with Gasteiger partial charge in [0.15, 0.2) is 0 Å². The number of nitrogens with zero attached hydrogens (tertiary/aromatic N) is 2. The SMILES string of the molecule is O=C(NC1CN2CCC1CC2)c1cc2c(C#CC(F)F)csc2cn1. The molecule has 3 saturated heterocycles. The van der Waals surface area contributed by atoms with Crippen LogP contribution in [-0.4, -0.2) is 47.9 Å². The van der Waals surface area contributed by atoms with Crippen LogP contribution in [0.3, 0.4) is 0 Å². The van der Waals surface area contributed by atoms with Crippen molar-refractivity contribution in [1.82, 2.24) is 15.2 Å². The van der Waals surface area contributed by atoms with E-state index in [4.69, 9.17) is 0 Å². The molecule has 4 nitrogen and oxygen atoms in total. The highest BCUT2D eigenvalue weighted by Gasteiger charge is 2.35. The van der Waals surface area contributed by atoms with E-state index in [2.05, 4.69) is 21.1 Å². The molecule has 1 N–H and O–H groups in total. The maximum absolute atomic E-state index is 12.6. The third-order valence-corrected chi connectivity index (χ3v) is 5.92. The minimum Gasteiger partial charge on any atom is -0.346 e. The molecule has 0 aliphatic carbocycles. The van der Waals surface area contributed by atoms with Crippen LogP contribution in [0.1, 0.15) is 28.9 Å². The molecule has 25 heavy (non-hydrogen) atoms. The maximum atomic E-state index is 12.6. The van der Waals surface area contributed by atoms with Crippen molar-refractivity contribution in [2.45, 2.75) is 25.3 Å². The van der Waals surface area contributed by atoms with E-state index in [-0.39, 0.29) is 11.9 Å². The molecular weight excluding hydrogens is 344 g/mol. The Kier molecular flexibility index (Phi) is 4.40. The summed E-state index contributed by atoms with van der Waals surface area (Å²) < 4.78 is 25.5. The molecule has 1 unspecified atom stereocenters. The Morgan fingerprint density at radius 3 is 2.88 bits per heavy atom. The van der Waals surface area contributed by atoms with Gasteiger partial charge in [-0.05, 0) is 43.8 Å². The number of hydrogen-bond acceptors (Lipinski definition) is 4. The fourth-order valence-corrected chi connectivity index (χ4v) is 4.50. The van der Waals surface area contributed by atoms with Crippen molar-refractivity contribution < 1.29 is 13.6 Å². The number of amides is 1. The number of alkyl halides is 2. The maximum Gasteiger partial charge on any atom is 0.299 e. The molecule has 1 amide bonds. The molecule has 7 heteroatoms. The first-order valence-electron chi connectivity index (χ1n) is 8.30. The van der Waals surface area contributed by atoms with Crippen LogP contribution < -0.4 is 5.32 Å². The molecule has 2 aromatic rings. The van der Waals surface area contributed by atoms with Gasteiger partial charge >= 0.3 is 0 Å². The molecule has 2 bridgehead atoms. The fourth-order valence-electron chi connectivity index (χ4n) is 3.66. The number of hydrogen-bond donors (Lipinski definition) is 1. The highest BCUT2D eigenvalue weighted by atomic mass is 32.1. The summed E-state index contributed by atoms with van der Waals surface area (Å²) >= 11 is 1.38. The standard InChI is InChI=1S/C18H17F2N3OS/c19-17(20)2-1-12-10-25-16-8-21-14(7-13(12)16)18(24)22-15-9-23-5-3-11(15)4-6-23/h7-8,10-11,15,17H,3-6,9H2,(H,22,24). The third kappa shape index (κ3) is 3.37. The van der Waals surface area contributed by atoms with Gasteiger partial charge in [0.1, 0.15) is 5.69 Å². The van der Waals surface area contributed by atoms with E-state index < -0.39 is 6.43 Å². The summed E-state index contributed by atoms with van der Waals surface area (Å²) in [6, 6.07) is 1.81. The normalized spacial score (nSPS) is 25.0. The van der Waals surface area contributed by atoms with Crippen LogP contribution >= 0.6 is 11.3 Å². The molecular formula is C18H17F2N3OS. The Morgan fingerprint density at radius 1 is 1.40 bits per heavy atom. The fraction of sp³-hybridized carbons (Fsp3) is 0.444. The zero-order valence-electron chi connectivity index (χ0n) is 13.5. The molecule has 5 rings (SSSR count). The van der Waals surface area contributed by atoms with Crippen molar-refractivity contribution in [1.29, 1.82) is 0 Å². The Morgan fingerprint density at radius 2 is 2.20 bits per heavy atom. The van der Waals surface area contributed by atoms with Crippen molar-refractivity contribution in [2.24, 2.45) is 5.92 Å². The lowest BCUT2D eigenvalue weighted by atomic mass is 9.84. The van der Waals surface area contributed by atoms with Crippen LogP contribution in [0.15, 0.2) is 17.6 Å². The van der Waals surface area contributed by atoms with Gasteiger partial charge in [0, 0.05) is 35.1 Å². The molecule has 3 aliphatic rings. The third-order valence-electron chi connectivity index (χ3n) is 4.98. The monoisotopic (exact) mass is 361 g/mol. The van der Waals surface area contributed by atoms with E-state index in [0.29, 0.717) is 22.6 Å². The van der Waals surface area contributed by atoms with Crippen molar-refractivity contribution in [2.75, 3.05) is 19.6 Å². The molecule has 3 fully saturated rings. The first-order valence-corrected chi connectivity index (χ1v) is 9.18. The first-order chi connectivity index (χ1) is 12.1. The summed E-state index contributed by atoms with van der Waals surface area (Å²) in [5, 5.41) is 5.52. The molecule has 0 aromatic carbocycles. The van der Waals surface area contributed by atoms with Gasteiger partial charge in [0.2, 0.25) is 0 Å². The zero-order chi connectivity index (χ0) is 17.4. The smallest absolute Gasteiger partial charge is 0.299 e. The molecule has 130 valence electrons. The summed E-state index contributed by atoms with van der Waals surface area (Å²) in [5.74, 6) is 4.68. The van der Waals surface area contributed by atoms with Crippen LogP contribution in [0.2, 0.25) is 0 Å². The van der Waals surface area contributed by atoms with E-state index in [1.807, 2.05) is 5.92 Å². The van der Waals surface area contributed by atoms with Gasteiger partial charge in [0.25, 0.3) is 12.3 Å². The van der Waals surface area contributed by atoms with E-state index in [9.17, 15) is 13.6 Å². The summed E-state index contributed by atoms with van der Waals surface area (Å²) in [7, 11) is 0. The first kappa shape index (κ1) is 16.4. The lowest BCUT2D eigenvalue weighted by molar-refractivity contribution is 0.0618. The van der Waals surface area contributed by atoms with Crippen LogP contribution in [-0.2, 0) is 0 Å². The number of carbonyl (C=O) groups excluding carboxylic acids is 1. The van der Waals surface area contributed by atoms with Gasteiger partial charge in [0.05, 0.1) is 4.70 Å².